The standard InChI is InChI=1S/C72H12O4/c73-10(74)5-6-11(75)76-70-9-4-2-1-3-8(9)7-71-66-58-50-40-30-22-14-12-13-16-20-18(14)26-34-28(20)38-32-24(16)25-17(13)21-19-15(12)23(22)31-37-27(19)35-29(21)39-33(25)43-42(32)54-48(38)56-46(34)52(44(50)36(26)30)60(66)62(56)68-64(54)65-55(43)49(39)57-47(35)53-45(37)51(41(31)40)59(58)67(71)61(53)63(57)69(65)72(68,70)71/h1-4,70H,5-7H2,(H,73,74). The van der Waals surface area contributed by atoms with Gasteiger partial charge in [0, 0.05) is 5.41 Å². The van der Waals surface area contributed by atoms with Gasteiger partial charge in [0.25, 0.3) is 0 Å². The van der Waals surface area contributed by atoms with Crippen LogP contribution in [0, 0.1) is 0 Å². The van der Waals surface area contributed by atoms with Crippen LogP contribution in [0.5, 0.6) is 0 Å². The maximum absolute atomic E-state index is 15.2. The molecule has 1 unspecified atom stereocenters. The van der Waals surface area contributed by atoms with Crippen LogP contribution in [0.4, 0.5) is 0 Å². The van der Waals surface area contributed by atoms with Crippen molar-refractivity contribution < 1.29 is 19.4 Å². The molecule has 1 N–H and O–H groups in total. The van der Waals surface area contributed by atoms with E-state index in [1.165, 1.54) is 135 Å². The summed E-state index contributed by atoms with van der Waals surface area (Å²) in [6, 6.07) is 9.07. The quantitative estimate of drug-likeness (QED) is 0.141. The first-order valence-corrected chi connectivity index (χ1v) is 27.9. The van der Waals surface area contributed by atoms with Crippen molar-refractivity contribution in [3.05, 3.63) is 57.6 Å². The van der Waals surface area contributed by atoms with Crippen molar-refractivity contribution in [2.24, 2.45) is 0 Å². The molecule has 0 fully saturated rings. The van der Waals surface area contributed by atoms with Crippen LogP contribution < -0.4 is 0 Å². The fraction of sp³-hybridized carbons (Fsp3) is 0.0833. The molecule has 0 heterocycles. The summed E-state index contributed by atoms with van der Waals surface area (Å²) in [6.07, 6.45) is -0.277. The number of carbonyl (C=O) groups excluding carboxylic acids is 1. The smallest absolute Gasteiger partial charge is 0.307 e. The molecule has 1 atom stereocenters. The highest BCUT2D eigenvalue weighted by Crippen LogP contribution is 2.86. The predicted molar refractivity (Wildman–Crippen MR) is 310 cm³/mol. The molecule has 34 rings (SSSR count). The van der Waals surface area contributed by atoms with E-state index in [-0.39, 0.29) is 12.8 Å². The number of ether oxygens (including phenoxy) is 1. The number of carboxylic acids is 1. The van der Waals surface area contributed by atoms with Crippen molar-refractivity contribution in [2.45, 2.75) is 36.2 Å². The SMILES string of the molecule is O=C(O)CCC(=O)OC1c2ccccc2CC23c4c5c6c7c8c9c(c%10c%11c2c2c4c4c%12c5c5c6c6c8c8c%13c9c9c%10c%10c%11c%11c2c2c4c4c%12c%12c5c5c6c8c6c8c%13c9c9c%10c%10c%11c2c2c4c4c%12c5c6c5c8c9c%10c2c45)C713. The summed E-state index contributed by atoms with van der Waals surface area (Å²) < 4.78 is 7.58. The molecule has 5 aliphatic rings. The minimum absolute atomic E-state index is 0.159. The maximum atomic E-state index is 15.2. The molecule has 4 nitrogen and oxygen atoms in total. The van der Waals surface area contributed by atoms with E-state index in [2.05, 4.69) is 24.3 Å². The van der Waals surface area contributed by atoms with Gasteiger partial charge in [0.15, 0.2) is 0 Å². The number of aliphatic carboxylic acids is 1. The van der Waals surface area contributed by atoms with Crippen molar-refractivity contribution in [2.75, 3.05) is 0 Å². The normalized spacial score (nSPS) is 22.4. The van der Waals surface area contributed by atoms with Gasteiger partial charge in [0.1, 0.15) is 6.10 Å². The van der Waals surface area contributed by atoms with Crippen LogP contribution in [0.15, 0.2) is 24.3 Å². The molecule has 29 aromatic carbocycles. The largest absolute Gasteiger partial charge is 0.481 e. The topological polar surface area (TPSA) is 63.6 Å². The van der Waals surface area contributed by atoms with Gasteiger partial charge in [-0.15, -0.1) is 0 Å². The van der Waals surface area contributed by atoms with Crippen molar-refractivity contribution in [1.82, 2.24) is 0 Å². The monoisotopic (exact) mass is 940 g/mol. The van der Waals surface area contributed by atoms with E-state index in [0.717, 1.165) is 12.0 Å². The van der Waals surface area contributed by atoms with E-state index in [0.29, 0.717) is 0 Å². The van der Waals surface area contributed by atoms with Crippen molar-refractivity contribution in [1.29, 1.82) is 0 Å². The van der Waals surface area contributed by atoms with Gasteiger partial charge in [-0.05, 0) is 331 Å². The third-order valence-corrected chi connectivity index (χ3v) is 26.5. The molecular weight excluding hydrogens is 929 g/mol. The lowest BCUT2D eigenvalue weighted by atomic mass is 9.42. The van der Waals surface area contributed by atoms with Crippen LogP contribution >= 0.6 is 0 Å². The Bertz CT molecular complexity index is 7500. The Morgan fingerprint density at radius 1 is 0.342 bits per heavy atom. The van der Waals surface area contributed by atoms with Gasteiger partial charge in [-0.3, -0.25) is 9.59 Å². The first-order chi connectivity index (χ1) is 37.6. The van der Waals surface area contributed by atoms with Crippen LogP contribution in [-0.2, 0) is 31.6 Å². The molecule has 0 saturated heterocycles. The van der Waals surface area contributed by atoms with Gasteiger partial charge < -0.3 is 9.84 Å². The molecule has 0 amide bonds. The lowest BCUT2D eigenvalue weighted by Crippen LogP contribution is -2.59. The van der Waals surface area contributed by atoms with E-state index < -0.39 is 28.9 Å². The van der Waals surface area contributed by atoms with Gasteiger partial charge in [-0.25, -0.2) is 0 Å². The molecule has 76 heavy (non-hydrogen) atoms. The Morgan fingerprint density at radius 2 is 0.579 bits per heavy atom. The highest BCUT2D eigenvalue weighted by Gasteiger charge is 2.74. The Balaban J connectivity index is 1.10. The minimum atomic E-state index is -0.967. The van der Waals surface area contributed by atoms with Gasteiger partial charge >= 0.3 is 11.9 Å². The van der Waals surface area contributed by atoms with Crippen LogP contribution in [0.25, 0.3) is 291 Å². The lowest BCUT2D eigenvalue weighted by molar-refractivity contribution is -0.157. The zero-order valence-electron chi connectivity index (χ0n) is 38.7. The summed E-state index contributed by atoms with van der Waals surface area (Å²) in [6.45, 7) is 0. The third kappa shape index (κ3) is 1.65. The van der Waals surface area contributed by atoms with E-state index in [4.69, 9.17) is 4.74 Å². The second kappa shape index (κ2) is 6.88. The van der Waals surface area contributed by atoms with E-state index in [1.54, 1.807) is 183 Å². The average Bonchev–Trinajstić information content (AvgIpc) is 1.59. The second-order valence-corrected chi connectivity index (χ2v) is 27.1. The Hall–Kier alpha value is -9.38. The first kappa shape index (κ1) is 29.5. The number of rotatable bonds is 4. The molecule has 0 aliphatic heterocycles. The number of benzene rings is 19. The fourth-order valence-corrected chi connectivity index (χ4v) is 26.3. The Labute approximate surface area is 413 Å². The van der Waals surface area contributed by atoms with Crippen molar-refractivity contribution in [3.63, 3.8) is 0 Å². The van der Waals surface area contributed by atoms with Crippen LogP contribution in [-0.4, -0.2) is 17.0 Å². The van der Waals surface area contributed by atoms with Gasteiger partial charge in [-0.2, -0.15) is 0 Å². The summed E-state index contributed by atoms with van der Waals surface area (Å²) in [5.41, 5.74) is 6.92. The van der Waals surface area contributed by atoms with Crippen LogP contribution in [0.2, 0.25) is 0 Å². The molecule has 324 valence electrons. The number of carbonyl (C=O) groups is 2. The summed E-state index contributed by atoms with van der Waals surface area (Å²) >= 11 is 0. The van der Waals surface area contributed by atoms with Crippen molar-refractivity contribution >= 4 is 303 Å². The summed E-state index contributed by atoms with van der Waals surface area (Å²) in [4.78, 5) is 27.7. The molecular formula is C72H12O4. The minimum Gasteiger partial charge on any atom is -0.481 e. The average molecular weight is 941 g/mol. The van der Waals surface area contributed by atoms with Gasteiger partial charge in [0.2, 0.25) is 0 Å². The number of hydrogen-bond donors (Lipinski definition) is 1. The summed E-state index contributed by atoms with van der Waals surface area (Å²) in [5.74, 6) is -1.37. The number of fused-ring (bicyclic) bond motifs is 1. The predicted octanol–water partition coefficient (Wildman–Crippen LogP) is 18.0. The molecule has 0 saturated carbocycles. The molecule has 4 heteroatoms. The summed E-state index contributed by atoms with van der Waals surface area (Å²) in [5, 5.41) is 93.6. The number of esters is 1. The molecule has 5 aliphatic carbocycles. The first-order valence-electron chi connectivity index (χ1n) is 27.9. The molecule has 2 spiro atoms. The number of carboxylic acid groups (broad SMARTS) is 1. The third-order valence-electron chi connectivity index (χ3n) is 26.5. The zero-order valence-corrected chi connectivity index (χ0v) is 38.7. The molecule has 0 bridgehead atoms. The van der Waals surface area contributed by atoms with Gasteiger partial charge in [0.05, 0.1) is 18.3 Å². The highest BCUT2D eigenvalue weighted by atomic mass is 16.5. The van der Waals surface area contributed by atoms with Crippen molar-refractivity contribution in [3.8, 4) is 0 Å². The molecule has 29 aromatic rings. The lowest BCUT2D eigenvalue weighted by Gasteiger charge is -2.59. The van der Waals surface area contributed by atoms with Crippen LogP contribution in [0.1, 0.15) is 52.3 Å². The van der Waals surface area contributed by atoms with Gasteiger partial charge in [-0.1, -0.05) is 24.3 Å². The van der Waals surface area contributed by atoms with Crippen LogP contribution in [0.3, 0.4) is 0 Å². The number of hydrogen-bond acceptors (Lipinski definition) is 3. The van der Waals surface area contributed by atoms with E-state index in [9.17, 15) is 9.90 Å². The second-order valence-electron chi connectivity index (χ2n) is 27.1. The Morgan fingerprint density at radius 3 is 0.842 bits per heavy atom. The Kier molecular flexibility index (Phi) is 2.67. The highest BCUT2D eigenvalue weighted by molar-refractivity contribution is 6.82. The molecule has 0 radical (unpaired) electrons. The summed E-state index contributed by atoms with van der Waals surface area (Å²) in [7, 11) is 0. The zero-order chi connectivity index (χ0) is 46.0. The fourth-order valence-electron chi connectivity index (χ4n) is 26.3. The maximum Gasteiger partial charge on any atom is 0.307 e. The van der Waals surface area contributed by atoms with E-state index >= 15 is 4.79 Å². The van der Waals surface area contributed by atoms with E-state index in [1.807, 2.05) is 0 Å². The molecule has 0 aromatic heterocycles.